The van der Waals surface area contributed by atoms with E-state index < -0.39 is 28.7 Å². The van der Waals surface area contributed by atoms with Gasteiger partial charge in [0.25, 0.3) is 0 Å². The Kier molecular flexibility index (Phi) is 3.28. The van der Waals surface area contributed by atoms with Crippen LogP contribution in [0.25, 0.3) is 0 Å². The molecule has 3 atom stereocenters. The Morgan fingerprint density at radius 2 is 1.90 bits per heavy atom. The van der Waals surface area contributed by atoms with Crippen molar-refractivity contribution in [3.8, 4) is 0 Å². The van der Waals surface area contributed by atoms with Crippen molar-refractivity contribution in [3.63, 3.8) is 0 Å². The van der Waals surface area contributed by atoms with Gasteiger partial charge in [0.15, 0.2) is 0 Å². The fourth-order valence-corrected chi connectivity index (χ4v) is 3.21. The fourth-order valence-electron chi connectivity index (χ4n) is 3.21. The molecular formula is C14H23NO5. The van der Waals surface area contributed by atoms with Gasteiger partial charge in [0.05, 0.1) is 6.54 Å². The van der Waals surface area contributed by atoms with Crippen LogP contribution in [0.15, 0.2) is 0 Å². The second kappa shape index (κ2) is 4.35. The molecule has 3 unspecified atom stereocenters. The molecule has 1 amide bonds. The second-order valence-electron chi connectivity index (χ2n) is 7.07. The monoisotopic (exact) mass is 285 g/mol. The predicted molar refractivity (Wildman–Crippen MR) is 71.2 cm³/mol. The van der Waals surface area contributed by atoms with Crippen LogP contribution in [-0.2, 0) is 9.53 Å². The van der Waals surface area contributed by atoms with Crippen LogP contribution < -0.4 is 0 Å². The summed E-state index contributed by atoms with van der Waals surface area (Å²) in [5, 5.41) is 20.1. The van der Waals surface area contributed by atoms with E-state index >= 15 is 0 Å². The van der Waals surface area contributed by atoms with Gasteiger partial charge in [-0.1, -0.05) is 6.92 Å². The van der Waals surface area contributed by atoms with Crippen LogP contribution in [0.4, 0.5) is 4.79 Å². The number of carbonyl (C=O) groups excluding carboxylic acids is 1. The lowest BCUT2D eigenvalue weighted by Gasteiger charge is -2.31. The van der Waals surface area contributed by atoms with Crippen molar-refractivity contribution in [2.24, 2.45) is 11.3 Å². The van der Waals surface area contributed by atoms with Crippen LogP contribution in [0.2, 0.25) is 0 Å². The van der Waals surface area contributed by atoms with Crippen LogP contribution in [0.1, 0.15) is 40.5 Å². The lowest BCUT2D eigenvalue weighted by atomic mass is 9.81. The molecule has 2 rings (SSSR count). The van der Waals surface area contributed by atoms with Crippen molar-refractivity contribution in [2.75, 3.05) is 13.1 Å². The highest BCUT2D eigenvalue weighted by Gasteiger charge is 2.71. The number of carboxylic acid groups (broad SMARTS) is 1. The Hall–Kier alpha value is -1.30. The van der Waals surface area contributed by atoms with E-state index in [1.807, 2.05) is 6.92 Å². The summed E-state index contributed by atoms with van der Waals surface area (Å²) in [6, 6.07) is 0. The first-order valence-corrected chi connectivity index (χ1v) is 6.95. The van der Waals surface area contributed by atoms with Gasteiger partial charge in [0.1, 0.15) is 16.6 Å². The zero-order chi connectivity index (χ0) is 15.3. The Balaban J connectivity index is 2.09. The third-order valence-electron chi connectivity index (χ3n) is 4.42. The van der Waals surface area contributed by atoms with Crippen molar-refractivity contribution in [1.82, 2.24) is 4.90 Å². The first-order chi connectivity index (χ1) is 9.02. The lowest BCUT2D eigenvalue weighted by Crippen LogP contribution is -2.48. The summed E-state index contributed by atoms with van der Waals surface area (Å²) in [5.74, 6) is -1.04. The first-order valence-electron chi connectivity index (χ1n) is 6.95. The van der Waals surface area contributed by atoms with E-state index in [4.69, 9.17) is 4.74 Å². The number of aliphatic carboxylic acids is 1. The molecule has 1 aliphatic heterocycles. The van der Waals surface area contributed by atoms with Gasteiger partial charge in [-0.05, 0) is 39.5 Å². The average molecular weight is 285 g/mol. The number of β-amino-alcohol motifs (C(OH)–C–C–N with tert-alkyl or cyclic N) is 1. The third-order valence-corrected chi connectivity index (χ3v) is 4.42. The molecule has 2 aliphatic rings. The summed E-state index contributed by atoms with van der Waals surface area (Å²) in [6.45, 7) is 7.49. The van der Waals surface area contributed by atoms with E-state index in [0.717, 1.165) is 0 Å². The topological polar surface area (TPSA) is 87.1 Å². The predicted octanol–water partition coefficient (Wildman–Crippen LogP) is 1.47. The maximum absolute atomic E-state index is 12.0. The summed E-state index contributed by atoms with van der Waals surface area (Å²) >= 11 is 0. The molecule has 1 saturated carbocycles. The molecule has 114 valence electrons. The number of likely N-dealkylation sites (tertiary alicyclic amines) is 1. The van der Waals surface area contributed by atoms with Crippen LogP contribution in [0.5, 0.6) is 0 Å². The molecule has 6 heteroatoms. The molecule has 0 aromatic carbocycles. The van der Waals surface area contributed by atoms with Crippen molar-refractivity contribution in [2.45, 2.75) is 51.7 Å². The molecule has 1 aliphatic carbocycles. The number of carboxylic acids is 1. The first kappa shape index (κ1) is 15.1. The number of ether oxygens (including phenoxy) is 1. The summed E-state index contributed by atoms with van der Waals surface area (Å²) < 4.78 is 5.26. The van der Waals surface area contributed by atoms with Crippen LogP contribution in [0.3, 0.4) is 0 Å². The van der Waals surface area contributed by atoms with Gasteiger partial charge in [-0.3, -0.25) is 4.79 Å². The Labute approximate surface area is 118 Å². The molecule has 0 radical (unpaired) electrons. The van der Waals surface area contributed by atoms with Crippen molar-refractivity contribution < 1.29 is 24.5 Å². The number of hydrogen-bond acceptors (Lipinski definition) is 4. The maximum Gasteiger partial charge on any atom is 0.410 e. The van der Waals surface area contributed by atoms with E-state index in [1.165, 1.54) is 4.90 Å². The van der Waals surface area contributed by atoms with Gasteiger partial charge in [-0.2, -0.15) is 0 Å². The molecular weight excluding hydrogens is 262 g/mol. The largest absolute Gasteiger partial charge is 0.481 e. The number of hydrogen-bond donors (Lipinski definition) is 2. The number of nitrogens with zero attached hydrogens (tertiary/aromatic N) is 1. The number of carbonyl (C=O) groups is 2. The van der Waals surface area contributed by atoms with Crippen molar-refractivity contribution in [3.05, 3.63) is 0 Å². The Bertz CT molecular complexity index is 443. The fraction of sp³-hybridized carbons (Fsp3) is 0.857. The Morgan fingerprint density at radius 1 is 1.35 bits per heavy atom. The second-order valence-corrected chi connectivity index (χ2v) is 7.07. The highest BCUT2D eigenvalue weighted by atomic mass is 16.6. The van der Waals surface area contributed by atoms with E-state index in [0.29, 0.717) is 13.0 Å². The normalized spacial score (nSPS) is 36.9. The van der Waals surface area contributed by atoms with Gasteiger partial charge >= 0.3 is 12.1 Å². The number of amides is 1. The van der Waals surface area contributed by atoms with Crippen LogP contribution in [-0.4, -0.2) is 51.5 Å². The van der Waals surface area contributed by atoms with Crippen LogP contribution >= 0.6 is 0 Å². The average Bonchev–Trinajstić information content (AvgIpc) is 2.80. The minimum absolute atomic E-state index is 0.0263. The zero-order valence-electron chi connectivity index (χ0n) is 12.5. The highest BCUT2D eigenvalue weighted by molar-refractivity contribution is 5.81. The molecule has 0 aromatic rings. The number of aliphatic hydroxyl groups is 1. The molecule has 0 aromatic heterocycles. The minimum Gasteiger partial charge on any atom is -0.481 e. The van der Waals surface area contributed by atoms with E-state index in [-0.39, 0.29) is 18.9 Å². The molecule has 0 bridgehead atoms. The van der Waals surface area contributed by atoms with Gasteiger partial charge < -0.3 is 19.8 Å². The minimum atomic E-state index is -1.35. The molecule has 6 nitrogen and oxygen atoms in total. The third kappa shape index (κ3) is 2.26. The summed E-state index contributed by atoms with van der Waals surface area (Å²) in [7, 11) is 0. The highest BCUT2D eigenvalue weighted by Crippen LogP contribution is 2.61. The summed E-state index contributed by atoms with van der Waals surface area (Å²) in [4.78, 5) is 24.9. The zero-order valence-corrected chi connectivity index (χ0v) is 12.5. The Morgan fingerprint density at radius 3 is 2.30 bits per heavy atom. The maximum atomic E-state index is 12.0. The van der Waals surface area contributed by atoms with Gasteiger partial charge in [-0.15, -0.1) is 0 Å². The molecule has 1 heterocycles. The SMILES string of the molecule is CC1CC1(C(=O)O)C1(O)CCN(C(=O)OC(C)(C)C)C1. The molecule has 2 fully saturated rings. The number of rotatable bonds is 2. The molecule has 0 spiro atoms. The van der Waals surface area contributed by atoms with Crippen molar-refractivity contribution >= 4 is 12.1 Å². The molecule has 2 N–H and O–H groups in total. The van der Waals surface area contributed by atoms with Crippen molar-refractivity contribution in [1.29, 1.82) is 0 Å². The van der Waals surface area contributed by atoms with Gasteiger partial charge in [0.2, 0.25) is 0 Å². The quantitative estimate of drug-likeness (QED) is 0.802. The summed E-state index contributed by atoms with van der Waals surface area (Å²) in [6.07, 6.45) is 0.242. The lowest BCUT2D eigenvalue weighted by molar-refractivity contribution is -0.156. The van der Waals surface area contributed by atoms with Gasteiger partial charge in [0, 0.05) is 6.54 Å². The molecule has 1 saturated heterocycles. The van der Waals surface area contributed by atoms with E-state index in [1.54, 1.807) is 20.8 Å². The smallest absolute Gasteiger partial charge is 0.410 e. The van der Waals surface area contributed by atoms with E-state index in [9.17, 15) is 19.8 Å². The standard InChI is InChI=1S/C14H23NO5/c1-9-7-14(9,10(16)17)13(19)5-6-15(8-13)11(18)20-12(2,3)4/h9,19H,5-8H2,1-4H3,(H,16,17). The van der Waals surface area contributed by atoms with E-state index in [2.05, 4.69) is 0 Å². The van der Waals surface area contributed by atoms with Crippen LogP contribution in [0, 0.1) is 11.3 Å². The summed E-state index contributed by atoms with van der Waals surface area (Å²) in [5.41, 5.74) is -3.06. The van der Waals surface area contributed by atoms with Gasteiger partial charge in [-0.25, -0.2) is 4.79 Å². The molecule has 20 heavy (non-hydrogen) atoms.